The maximum atomic E-state index is 11.9. The summed E-state index contributed by atoms with van der Waals surface area (Å²) in [5, 5.41) is 13.2. The van der Waals surface area contributed by atoms with E-state index in [1.54, 1.807) is 4.57 Å². The normalized spacial score (nSPS) is 10.1. The average Bonchev–Trinajstić information content (AvgIpc) is 2.48. The van der Waals surface area contributed by atoms with Gasteiger partial charge >= 0.3 is 0 Å². The second-order valence-corrected chi connectivity index (χ2v) is 4.58. The number of rotatable bonds is 5. The van der Waals surface area contributed by atoms with Crippen molar-refractivity contribution < 1.29 is 14.3 Å². The van der Waals surface area contributed by atoms with Crippen LogP contribution in [0.3, 0.4) is 0 Å². The first kappa shape index (κ1) is 14.6. The molecule has 6 nitrogen and oxygen atoms in total. The predicted molar refractivity (Wildman–Crippen MR) is 77.7 cm³/mol. The first-order chi connectivity index (χ1) is 10.1. The number of nitro benzene ring substituents is 1. The summed E-state index contributed by atoms with van der Waals surface area (Å²) in [6, 6.07) is 9.69. The Morgan fingerprint density at radius 3 is 2.33 bits per heavy atom. The number of amides is 1. The Kier molecular flexibility index (Phi) is 4.61. The Morgan fingerprint density at radius 1 is 1.19 bits per heavy atom. The van der Waals surface area contributed by atoms with Gasteiger partial charge in [0.15, 0.2) is 12.4 Å². The Hall–Kier alpha value is -2.76. The van der Waals surface area contributed by atoms with Crippen molar-refractivity contribution in [3.63, 3.8) is 0 Å². The highest BCUT2D eigenvalue weighted by Crippen LogP contribution is 2.15. The van der Waals surface area contributed by atoms with Crippen LogP contribution in [0.15, 0.2) is 48.8 Å². The molecule has 108 valence electrons. The van der Waals surface area contributed by atoms with Crippen LogP contribution >= 0.6 is 0 Å². The Bertz CT molecular complexity index is 636. The molecule has 1 aromatic heterocycles. The lowest BCUT2D eigenvalue weighted by atomic mass is 10.2. The minimum Gasteiger partial charge on any atom is -0.321 e. The number of carbonyl (C=O) groups excluding carboxylic acids is 1. The van der Waals surface area contributed by atoms with E-state index < -0.39 is 4.92 Å². The number of hydrogen-bond acceptors (Lipinski definition) is 3. The van der Waals surface area contributed by atoms with E-state index in [-0.39, 0.29) is 18.1 Å². The zero-order valence-electron chi connectivity index (χ0n) is 11.7. The highest BCUT2D eigenvalue weighted by Gasteiger charge is 2.10. The molecule has 0 spiro atoms. The molecule has 2 aromatic rings. The molecular formula is C15H16N3O3+. The van der Waals surface area contributed by atoms with Gasteiger partial charge in [-0.1, -0.05) is 6.92 Å². The lowest BCUT2D eigenvalue weighted by molar-refractivity contribution is -0.684. The fraction of sp³-hybridized carbons (Fsp3) is 0.200. The lowest BCUT2D eigenvalue weighted by Crippen LogP contribution is -2.39. The number of non-ortho nitro benzene ring substituents is 1. The van der Waals surface area contributed by atoms with Gasteiger partial charge in [-0.15, -0.1) is 0 Å². The van der Waals surface area contributed by atoms with Gasteiger partial charge in [0.25, 0.3) is 11.6 Å². The molecule has 21 heavy (non-hydrogen) atoms. The van der Waals surface area contributed by atoms with E-state index in [2.05, 4.69) is 12.2 Å². The molecule has 1 N–H and O–H groups in total. The van der Waals surface area contributed by atoms with Crippen LogP contribution in [0.4, 0.5) is 11.4 Å². The van der Waals surface area contributed by atoms with Gasteiger partial charge in [-0.3, -0.25) is 14.9 Å². The zero-order chi connectivity index (χ0) is 15.2. The summed E-state index contributed by atoms with van der Waals surface area (Å²) in [6.45, 7) is 2.27. The van der Waals surface area contributed by atoms with E-state index in [9.17, 15) is 14.9 Å². The topological polar surface area (TPSA) is 76.1 Å². The summed E-state index contributed by atoms with van der Waals surface area (Å²) in [6.07, 6.45) is 4.67. The van der Waals surface area contributed by atoms with Gasteiger partial charge < -0.3 is 5.32 Å². The molecule has 1 aromatic carbocycles. The van der Waals surface area contributed by atoms with Crippen molar-refractivity contribution in [1.29, 1.82) is 0 Å². The molecule has 2 rings (SSSR count). The third-order valence-electron chi connectivity index (χ3n) is 3.06. The summed E-state index contributed by atoms with van der Waals surface area (Å²) in [7, 11) is 0. The van der Waals surface area contributed by atoms with Crippen molar-refractivity contribution in [1.82, 2.24) is 0 Å². The number of anilines is 1. The van der Waals surface area contributed by atoms with Crippen molar-refractivity contribution >= 4 is 17.3 Å². The summed E-state index contributed by atoms with van der Waals surface area (Å²) in [5.41, 5.74) is 1.75. The van der Waals surface area contributed by atoms with Crippen LogP contribution in [0.1, 0.15) is 12.5 Å². The maximum absolute atomic E-state index is 11.9. The van der Waals surface area contributed by atoms with Gasteiger partial charge in [-0.25, -0.2) is 0 Å². The summed E-state index contributed by atoms with van der Waals surface area (Å²) in [4.78, 5) is 22.0. The van der Waals surface area contributed by atoms with Gasteiger partial charge in [0.2, 0.25) is 6.54 Å². The van der Waals surface area contributed by atoms with Crippen LogP contribution in [0.25, 0.3) is 0 Å². The van der Waals surface area contributed by atoms with Crippen molar-refractivity contribution in [2.24, 2.45) is 0 Å². The molecule has 0 saturated heterocycles. The quantitative estimate of drug-likeness (QED) is 0.519. The number of benzene rings is 1. The number of aromatic nitrogens is 1. The number of pyridine rings is 1. The van der Waals surface area contributed by atoms with Gasteiger partial charge in [0, 0.05) is 30.0 Å². The van der Waals surface area contributed by atoms with Crippen LogP contribution in [-0.4, -0.2) is 10.8 Å². The van der Waals surface area contributed by atoms with E-state index in [0.717, 1.165) is 6.42 Å². The van der Waals surface area contributed by atoms with E-state index in [0.29, 0.717) is 5.69 Å². The van der Waals surface area contributed by atoms with Crippen molar-refractivity contribution in [3.8, 4) is 0 Å². The zero-order valence-corrected chi connectivity index (χ0v) is 11.7. The van der Waals surface area contributed by atoms with Crippen LogP contribution in [0, 0.1) is 10.1 Å². The number of nitro groups is 1. The molecule has 0 aliphatic carbocycles. The number of aryl methyl sites for hydroxylation is 1. The molecule has 0 aliphatic rings. The fourth-order valence-electron chi connectivity index (χ4n) is 1.86. The molecule has 0 fully saturated rings. The van der Waals surface area contributed by atoms with Gasteiger partial charge in [-0.05, 0) is 24.1 Å². The largest absolute Gasteiger partial charge is 0.321 e. The van der Waals surface area contributed by atoms with Crippen LogP contribution < -0.4 is 9.88 Å². The summed E-state index contributed by atoms with van der Waals surface area (Å²) >= 11 is 0. The molecule has 6 heteroatoms. The number of carbonyl (C=O) groups is 1. The minimum atomic E-state index is -0.475. The average molecular weight is 286 g/mol. The van der Waals surface area contributed by atoms with Gasteiger partial charge in [-0.2, -0.15) is 4.57 Å². The molecule has 0 aliphatic heterocycles. The number of nitrogens with one attached hydrogen (secondary N) is 1. The Labute approximate surface area is 122 Å². The van der Waals surface area contributed by atoms with E-state index in [1.165, 1.54) is 29.8 Å². The third-order valence-corrected chi connectivity index (χ3v) is 3.06. The van der Waals surface area contributed by atoms with Crippen molar-refractivity contribution in [2.75, 3.05) is 5.32 Å². The molecule has 0 radical (unpaired) electrons. The minimum absolute atomic E-state index is 0.00229. The highest BCUT2D eigenvalue weighted by molar-refractivity contribution is 5.89. The monoisotopic (exact) mass is 286 g/mol. The molecule has 1 heterocycles. The van der Waals surface area contributed by atoms with E-state index >= 15 is 0 Å². The summed E-state index contributed by atoms with van der Waals surface area (Å²) in [5.74, 6) is -0.182. The Morgan fingerprint density at radius 2 is 1.81 bits per heavy atom. The standard InChI is InChI=1S/C15H15N3O3/c1-2-12-7-9-17(10-8-12)11-15(19)16-13-3-5-14(6-4-13)18(20)21/h3-10H,2,11H2,1H3/p+1. The molecular weight excluding hydrogens is 270 g/mol. The Balaban J connectivity index is 1.95. The SMILES string of the molecule is CCc1cc[n+](CC(=O)Nc2ccc([N+](=O)[O-])cc2)cc1. The van der Waals surface area contributed by atoms with Crippen molar-refractivity contribution in [3.05, 3.63) is 64.5 Å². The van der Waals surface area contributed by atoms with E-state index in [4.69, 9.17) is 0 Å². The lowest BCUT2D eigenvalue weighted by Gasteiger charge is -2.03. The summed E-state index contributed by atoms with van der Waals surface area (Å²) < 4.78 is 1.78. The van der Waals surface area contributed by atoms with Crippen LogP contribution in [0.2, 0.25) is 0 Å². The van der Waals surface area contributed by atoms with Crippen LogP contribution in [0.5, 0.6) is 0 Å². The van der Waals surface area contributed by atoms with Gasteiger partial charge in [0.1, 0.15) is 0 Å². The highest BCUT2D eigenvalue weighted by atomic mass is 16.6. The third kappa shape index (κ3) is 4.10. The van der Waals surface area contributed by atoms with Gasteiger partial charge in [0.05, 0.1) is 4.92 Å². The second kappa shape index (κ2) is 6.60. The molecule has 0 atom stereocenters. The smallest absolute Gasteiger partial charge is 0.290 e. The first-order valence-corrected chi connectivity index (χ1v) is 6.61. The molecule has 0 unspecified atom stereocenters. The van der Waals surface area contributed by atoms with E-state index in [1.807, 2.05) is 24.5 Å². The molecule has 0 saturated carbocycles. The fourth-order valence-corrected chi connectivity index (χ4v) is 1.86. The molecule has 0 bridgehead atoms. The maximum Gasteiger partial charge on any atom is 0.290 e. The van der Waals surface area contributed by atoms with Crippen molar-refractivity contribution in [2.45, 2.75) is 19.9 Å². The first-order valence-electron chi connectivity index (χ1n) is 6.61. The predicted octanol–water partition coefficient (Wildman–Crippen LogP) is 2.08. The second-order valence-electron chi connectivity index (χ2n) is 4.58. The van der Waals surface area contributed by atoms with Crippen LogP contribution in [-0.2, 0) is 17.8 Å². The molecule has 1 amide bonds. The number of nitrogens with zero attached hydrogens (tertiary/aromatic N) is 2. The number of hydrogen-bond donors (Lipinski definition) is 1.